The SMILES string of the molecule is Cc1ccc([C@@H](Sc2ccccc2)C(=O)O[C@@H]2C[C@H](C)CC[C@H]2C(C)(C)c2ccccc2)cc1. The van der Waals surface area contributed by atoms with Gasteiger partial charge in [-0.1, -0.05) is 106 Å². The molecule has 4 rings (SSSR count). The van der Waals surface area contributed by atoms with E-state index < -0.39 is 0 Å². The lowest BCUT2D eigenvalue weighted by Gasteiger charge is -2.44. The topological polar surface area (TPSA) is 26.3 Å². The number of hydrogen-bond donors (Lipinski definition) is 0. The maximum Gasteiger partial charge on any atom is 0.324 e. The zero-order valence-electron chi connectivity index (χ0n) is 20.7. The fourth-order valence-corrected chi connectivity index (χ4v) is 6.24. The maximum atomic E-state index is 13.8. The third-order valence-corrected chi connectivity index (χ3v) is 8.60. The van der Waals surface area contributed by atoms with E-state index in [2.05, 4.69) is 94.4 Å². The average Bonchev–Trinajstić information content (AvgIpc) is 2.84. The zero-order chi connectivity index (χ0) is 24.1. The van der Waals surface area contributed by atoms with Crippen molar-refractivity contribution in [2.75, 3.05) is 0 Å². The van der Waals surface area contributed by atoms with Gasteiger partial charge in [0, 0.05) is 10.8 Å². The third kappa shape index (κ3) is 5.75. The molecule has 1 fully saturated rings. The van der Waals surface area contributed by atoms with Crippen LogP contribution in [0.25, 0.3) is 0 Å². The molecule has 0 aliphatic heterocycles. The summed E-state index contributed by atoms with van der Waals surface area (Å²) in [6, 6.07) is 29.1. The molecule has 0 N–H and O–H groups in total. The lowest BCUT2D eigenvalue weighted by molar-refractivity contribution is -0.156. The quantitative estimate of drug-likeness (QED) is 0.256. The summed E-state index contributed by atoms with van der Waals surface area (Å²) in [5.74, 6) is 0.710. The van der Waals surface area contributed by atoms with Crippen LogP contribution < -0.4 is 0 Å². The van der Waals surface area contributed by atoms with E-state index in [4.69, 9.17) is 4.74 Å². The first-order valence-electron chi connectivity index (χ1n) is 12.4. The van der Waals surface area contributed by atoms with E-state index in [1.807, 2.05) is 18.2 Å². The maximum absolute atomic E-state index is 13.8. The van der Waals surface area contributed by atoms with Gasteiger partial charge in [0.1, 0.15) is 11.4 Å². The van der Waals surface area contributed by atoms with Gasteiger partial charge < -0.3 is 4.74 Å². The lowest BCUT2D eigenvalue weighted by Crippen LogP contribution is -2.44. The summed E-state index contributed by atoms with van der Waals surface area (Å²) in [6.45, 7) is 8.96. The van der Waals surface area contributed by atoms with Crippen LogP contribution in [0.4, 0.5) is 0 Å². The van der Waals surface area contributed by atoms with Crippen LogP contribution in [0.15, 0.2) is 89.8 Å². The lowest BCUT2D eigenvalue weighted by atomic mass is 9.64. The van der Waals surface area contributed by atoms with E-state index in [9.17, 15) is 4.79 Å². The highest BCUT2D eigenvalue weighted by Gasteiger charge is 2.42. The van der Waals surface area contributed by atoms with Crippen LogP contribution in [-0.4, -0.2) is 12.1 Å². The summed E-state index contributed by atoms with van der Waals surface area (Å²) >= 11 is 1.58. The number of rotatable bonds is 7. The Hall–Kier alpha value is -2.52. The largest absolute Gasteiger partial charge is 0.461 e. The summed E-state index contributed by atoms with van der Waals surface area (Å²) in [5.41, 5.74) is 3.42. The zero-order valence-corrected chi connectivity index (χ0v) is 21.6. The van der Waals surface area contributed by atoms with Crippen molar-refractivity contribution in [3.05, 3.63) is 102 Å². The van der Waals surface area contributed by atoms with Crippen LogP contribution in [-0.2, 0) is 14.9 Å². The van der Waals surface area contributed by atoms with Crippen molar-refractivity contribution < 1.29 is 9.53 Å². The highest BCUT2D eigenvalue weighted by Crippen LogP contribution is 2.45. The van der Waals surface area contributed by atoms with Crippen molar-refractivity contribution in [2.24, 2.45) is 11.8 Å². The molecule has 3 aromatic carbocycles. The first-order valence-corrected chi connectivity index (χ1v) is 13.3. The smallest absolute Gasteiger partial charge is 0.324 e. The molecular formula is C31H36O2S. The van der Waals surface area contributed by atoms with Gasteiger partial charge in [0.15, 0.2) is 0 Å². The number of carbonyl (C=O) groups excluding carboxylic acids is 1. The summed E-state index contributed by atoms with van der Waals surface area (Å²) in [4.78, 5) is 14.8. The number of ether oxygens (including phenoxy) is 1. The predicted octanol–water partition coefficient (Wildman–Crippen LogP) is 8.15. The van der Waals surface area contributed by atoms with Crippen LogP contribution in [0.5, 0.6) is 0 Å². The molecule has 0 saturated heterocycles. The molecule has 1 aliphatic rings. The van der Waals surface area contributed by atoms with Gasteiger partial charge in [-0.25, -0.2) is 0 Å². The van der Waals surface area contributed by atoms with Gasteiger partial charge in [-0.2, -0.15) is 0 Å². The minimum Gasteiger partial charge on any atom is -0.461 e. The molecule has 0 aromatic heterocycles. The monoisotopic (exact) mass is 472 g/mol. The summed E-state index contributed by atoms with van der Waals surface area (Å²) in [7, 11) is 0. The molecule has 34 heavy (non-hydrogen) atoms. The van der Waals surface area contributed by atoms with Crippen molar-refractivity contribution in [2.45, 2.75) is 68.6 Å². The fourth-order valence-electron chi connectivity index (χ4n) is 5.21. The Morgan fingerprint density at radius 3 is 2.18 bits per heavy atom. The Bertz CT molecular complexity index is 1060. The van der Waals surface area contributed by atoms with Gasteiger partial charge in [0.25, 0.3) is 0 Å². The number of aryl methyl sites for hydroxylation is 1. The minimum atomic E-state index is -0.388. The minimum absolute atomic E-state index is 0.0712. The Balaban J connectivity index is 1.60. The predicted molar refractivity (Wildman–Crippen MR) is 142 cm³/mol. The second-order valence-electron chi connectivity index (χ2n) is 10.3. The van der Waals surface area contributed by atoms with Gasteiger partial charge in [-0.05, 0) is 54.4 Å². The van der Waals surface area contributed by atoms with Crippen molar-refractivity contribution in [1.29, 1.82) is 0 Å². The van der Waals surface area contributed by atoms with E-state index in [0.29, 0.717) is 5.92 Å². The van der Waals surface area contributed by atoms with Gasteiger partial charge in [0.05, 0.1) is 0 Å². The summed E-state index contributed by atoms with van der Waals surface area (Å²) in [6.07, 6.45) is 3.08. The van der Waals surface area contributed by atoms with Crippen molar-refractivity contribution >= 4 is 17.7 Å². The molecule has 178 valence electrons. The van der Waals surface area contributed by atoms with E-state index >= 15 is 0 Å². The molecule has 0 unspecified atom stereocenters. The molecule has 0 amide bonds. The molecular weight excluding hydrogens is 436 g/mol. The third-order valence-electron chi connectivity index (χ3n) is 7.36. The van der Waals surface area contributed by atoms with Gasteiger partial charge in [0.2, 0.25) is 0 Å². The van der Waals surface area contributed by atoms with Crippen LogP contribution in [0.2, 0.25) is 0 Å². The highest BCUT2D eigenvalue weighted by atomic mass is 32.2. The first-order chi connectivity index (χ1) is 16.3. The van der Waals surface area contributed by atoms with Crippen LogP contribution in [0.3, 0.4) is 0 Å². The number of esters is 1. The van der Waals surface area contributed by atoms with E-state index in [-0.39, 0.29) is 28.7 Å². The van der Waals surface area contributed by atoms with Crippen LogP contribution >= 0.6 is 11.8 Å². The second-order valence-corrected chi connectivity index (χ2v) is 11.5. The molecule has 0 heterocycles. The van der Waals surface area contributed by atoms with Crippen molar-refractivity contribution in [3.8, 4) is 0 Å². The van der Waals surface area contributed by atoms with Gasteiger partial charge in [-0.3, -0.25) is 4.79 Å². The molecule has 4 atom stereocenters. The van der Waals surface area contributed by atoms with E-state index in [1.54, 1.807) is 11.8 Å². The highest BCUT2D eigenvalue weighted by molar-refractivity contribution is 8.00. The second kappa shape index (κ2) is 10.8. The summed E-state index contributed by atoms with van der Waals surface area (Å²) in [5, 5.41) is -0.388. The number of hydrogen-bond acceptors (Lipinski definition) is 3. The first kappa shape index (κ1) is 24.6. The molecule has 0 bridgehead atoms. The van der Waals surface area contributed by atoms with E-state index in [0.717, 1.165) is 23.3 Å². The molecule has 2 nitrogen and oxygen atoms in total. The van der Waals surface area contributed by atoms with E-state index in [1.165, 1.54) is 17.5 Å². The average molecular weight is 473 g/mol. The fraction of sp³-hybridized carbons (Fsp3) is 0.387. The van der Waals surface area contributed by atoms with Crippen molar-refractivity contribution in [3.63, 3.8) is 0 Å². The summed E-state index contributed by atoms with van der Waals surface area (Å²) < 4.78 is 6.44. The molecule has 0 spiro atoms. The molecule has 1 saturated carbocycles. The molecule has 0 radical (unpaired) electrons. The van der Waals surface area contributed by atoms with Gasteiger partial charge >= 0.3 is 5.97 Å². The number of thioether (sulfide) groups is 1. The molecule has 3 heteroatoms. The Morgan fingerprint density at radius 1 is 0.912 bits per heavy atom. The standard InChI is InChI=1S/C31H36O2S/c1-22-15-18-24(19-16-22)29(34-26-13-9-6-10-14-26)30(32)33-28-21-23(2)17-20-27(28)31(3,4)25-11-7-5-8-12-25/h5-16,18-19,23,27-29H,17,20-21H2,1-4H3/t23-,27-,28-,29-/m1/s1. The van der Waals surface area contributed by atoms with Gasteiger partial charge in [-0.15, -0.1) is 11.8 Å². The van der Waals surface area contributed by atoms with Crippen molar-refractivity contribution in [1.82, 2.24) is 0 Å². The number of benzene rings is 3. The normalized spacial score (nSPS) is 21.6. The van der Waals surface area contributed by atoms with Crippen LogP contribution in [0, 0.1) is 18.8 Å². The molecule has 3 aromatic rings. The Morgan fingerprint density at radius 2 is 1.53 bits per heavy atom. The Labute approximate surface area is 209 Å². The number of carbonyl (C=O) groups is 1. The van der Waals surface area contributed by atoms with Crippen LogP contribution in [0.1, 0.15) is 62.0 Å². The Kier molecular flexibility index (Phi) is 7.83. The molecule has 1 aliphatic carbocycles.